The highest BCUT2D eigenvalue weighted by Crippen LogP contribution is 2.34. The van der Waals surface area contributed by atoms with E-state index in [2.05, 4.69) is 42.7 Å². The highest BCUT2D eigenvalue weighted by Gasteiger charge is 2.26. The lowest BCUT2D eigenvalue weighted by Crippen LogP contribution is -2.33. The molecule has 1 aliphatic rings. The Morgan fingerprint density at radius 1 is 1.23 bits per heavy atom. The molecule has 0 bridgehead atoms. The first-order chi connectivity index (χ1) is 12.8. The number of pyridine rings is 1. The first-order valence-corrected chi connectivity index (χ1v) is 9.81. The molecule has 3 aromatic heterocycles. The Labute approximate surface area is 157 Å². The molecule has 1 aliphatic heterocycles. The van der Waals surface area contributed by atoms with E-state index in [0.717, 1.165) is 47.5 Å². The van der Waals surface area contributed by atoms with Gasteiger partial charge in [0.15, 0.2) is 10.9 Å². The molecule has 0 amide bonds. The lowest BCUT2D eigenvalue weighted by molar-refractivity contribution is 0.136. The first-order valence-electron chi connectivity index (χ1n) is 8.93. The van der Waals surface area contributed by atoms with Crippen LogP contribution < -0.4 is 5.32 Å². The molecular weight excluding hydrogens is 344 g/mol. The van der Waals surface area contributed by atoms with Crippen LogP contribution in [0.2, 0.25) is 0 Å². The number of piperidine rings is 1. The summed E-state index contributed by atoms with van der Waals surface area (Å²) >= 11 is 1.62. The SMILES string of the molecule is Cc1cccc(CN2CCCCC2c2csc(Nc3cnccn3)n2)n1. The van der Waals surface area contributed by atoms with Gasteiger partial charge in [-0.05, 0) is 38.4 Å². The van der Waals surface area contributed by atoms with Crippen LogP contribution in [0.5, 0.6) is 0 Å². The second-order valence-corrected chi connectivity index (χ2v) is 7.40. The first kappa shape index (κ1) is 17.1. The summed E-state index contributed by atoms with van der Waals surface area (Å²) in [5.74, 6) is 0.720. The molecule has 0 spiro atoms. The molecule has 7 heteroatoms. The number of aryl methyl sites for hydroxylation is 1. The Hall–Kier alpha value is -2.38. The van der Waals surface area contributed by atoms with E-state index in [0.29, 0.717) is 6.04 Å². The minimum absolute atomic E-state index is 0.347. The number of nitrogens with zero attached hydrogens (tertiary/aromatic N) is 5. The Kier molecular flexibility index (Phi) is 5.17. The van der Waals surface area contributed by atoms with Crippen molar-refractivity contribution in [3.63, 3.8) is 0 Å². The fraction of sp³-hybridized carbons (Fsp3) is 0.368. The highest BCUT2D eigenvalue weighted by atomic mass is 32.1. The van der Waals surface area contributed by atoms with Crippen LogP contribution in [0.1, 0.15) is 42.4 Å². The molecule has 4 heterocycles. The summed E-state index contributed by atoms with van der Waals surface area (Å²) in [6, 6.07) is 6.59. The predicted molar refractivity (Wildman–Crippen MR) is 103 cm³/mol. The van der Waals surface area contributed by atoms with Crippen LogP contribution in [-0.4, -0.2) is 31.4 Å². The van der Waals surface area contributed by atoms with E-state index in [1.165, 1.54) is 12.8 Å². The molecule has 0 aliphatic carbocycles. The van der Waals surface area contributed by atoms with Crippen LogP contribution >= 0.6 is 11.3 Å². The normalized spacial score (nSPS) is 18.0. The zero-order valence-corrected chi connectivity index (χ0v) is 15.6. The number of aromatic nitrogens is 4. The summed E-state index contributed by atoms with van der Waals surface area (Å²) in [6.07, 6.45) is 8.66. The van der Waals surface area contributed by atoms with E-state index in [1.807, 2.05) is 13.0 Å². The molecule has 134 valence electrons. The number of thiazole rings is 1. The fourth-order valence-corrected chi connectivity index (χ4v) is 4.14. The molecule has 1 N–H and O–H groups in total. The average molecular weight is 366 g/mol. The van der Waals surface area contributed by atoms with Crippen LogP contribution in [0.4, 0.5) is 10.9 Å². The van der Waals surface area contributed by atoms with E-state index in [1.54, 1.807) is 29.9 Å². The molecule has 0 saturated carbocycles. The van der Waals surface area contributed by atoms with Crippen molar-refractivity contribution in [2.24, 2.45) is 0 Å². The van der Waals surface area contributed by atoms with Crippen molar-refractivity contribution in [2.75, 3.05) is 11.9 Å². The second kappa shape index (κ2) is 7.88. The molecule has 26 heavy (non-hydrogen) atoms. The zero-order valence-electron chi connectivity index (χ0n) is 14.8. The van der Waals surface area contributed by atoms with Gasteiger partial charge in [-0.25, -0.2) is 9.97 Å². The van der Waals surface area contributed by atoms with Gasteiger partial charge in [-0.2, -0.15) is 0 Å². The number of rotatable bonds is 5. The number of hydrogen-bond donors (Lipinski definition) is 1. The molecule has 1 atom stereocenters. The van der Waals surface area contributed by atoms with E-state index in [4.69, 9.17) is 4.98 Å². The second-order valence-electron chi connectivity index (χ2n) is 6.55. The quantitative estimate of drug-likeness (QED) is 0.733. The summed E-state index contributed by atoms with van der Waals surface area (Å²) in [7, 11) is 0. The van der Waals surface area contributed by atoms with Gasteiger partial charge in [0, 0.05) is 30.0 Å². The van der Waals surface area contributed by atoms with Gasteiger partial charge in [0.2, 0.25) is 0 Å². The smallest absolute Gasteiger partial charge is 0.188 e. The number of hydrogen-bond acceptors (Lipinski definition) is 7. The number of likely N-dealkylation sites (tertiary alicyclic amines) is 1. The van der Waals surface area contributed by atoms with Gasteiger partial charge in [0.05, 0.1) is 23.6 Å². The third-order valence-electron chi connectivity index (χ3n) is 4.59. The topological polar surface area (TPSA) is 66.8 Å². The molecule has 1 saturated heterocycles. The van der Waals surface area contributed by atoms with E-state index < -0.39 is 0 Å². The van der Waals surface area contributed by atoms with Crippen molar-refractivity contribution >= 4 is 22.3 Å². The zero-order chi connectivity index (χ0) is 17.8. The third-order valence-corrected chi connectivity index (χ3v) is 5.36. The van der Waals surface area contributed by atoms with Crippen LogP contribution in [0.15, 0.2) is 42.2 Å². The van der Waals surface area contributed by atoms with Crippen LogP contribution in [0, 0.1) is 6.92 Å². The molecule has 1 fully saturated rings. The maximum absolute atomic E-state index is 4.82. The lowest BCUT2D eigenvalue weighted by atomic mass is 9.99. The molecule has 0 aromatic carbocycles. The summed E-state index contributed by atoms with van der Waals surface area (Å²) < 4.78 is 0. The highest BCUT2D eigenvalue weighted by molar-refractivity contribution is 7.13. The Balaban J connectivity index is 1.49. The molecule has 4 rings (SSSR count). The molecular formula is C19H22N6S. The summed E-state index contributed by atoms with van der Waals surface area (Å²) in [6.45, 7) is 4.00. The van der Waals surface area contributed by atoms with Crippen LogP contribution in [0.3, 0.4) is 0 Å². The van der Waals surface area contributed by atoms with Crippen LogP contribution in [-0.2, 0) is 6.54 Å². The summed E-state index contributed by atoms with van der Waals surface area (Å²) in [5.41, 5.74) is 3.33. The standard InChI is InChI=1S/C19H22N6S/c1-14-5-4-6-15(22-14)12-25-10-3-2-7-17(25)16-13-26-19(23-16)24-18-11-20-8-9-21-18/h4-6,8-9,11,13,17H,2-3,7,10,12H2,1H3,(H,21,23,24). The minimum Gasteiger partial charge on any atom is -0.315 e. The Morgan fingerprint density at radius 2 is 2.19 bits per heavy atom. The van der Waals surface area contributed by atoms with Gasteiger partial charge in [-0.15, -0.1) is 11.3 Å². The Bertz CT molecular complexity index is 850. The molecule has 0 radical (unpaired) electrons. The summed E-state index contributed by atoms with van der Waals surface area (Å²) in [4.78, 5) is 20.3. The van der Waals surface area contributed by atoms with Crippen LogP contribution in [0.25, 0.3) is 0 Å². The minimum atomic E-state index is 0.347. The summed E-state index contributed by atoms with van der Waals surface area (Å²) in [5, 5.41) is 6.26. The van der Waals surface area contributed by atoms with Crippen molar-refractivity contribution in [2.45, 2.75) is 38.8 Å². The number of anilines is 2. The van der Waals surface area contributed by atoms with Gasteiger partial charge in [0.1, 0.15) is 0 Å². The van der Waals surface area contributed by atoms with Gasteiger partial charge >= 0.3 is 0 Å². The van der Waals surface area contributed by atoms with Crippen molar-refractivity contribution in [1.29, 1.82) is 0 Å². The van der Waals surface area contributed by atoms with Crippen molar-refractivity contribution in [3.05, 3.63) is 59.3 Å². The van der Waals surface area contributed by atoms with E-state index in [-0.39, 0.29) is 0 Å². The average Bonchev–Trinajstić information content (AvgIpc) is 3.11. The van der Waals surface area contributed by atoms with Gasteiger partial charge in [-0.3, -0.25) is 14.9 Å². The monoisotopic (exact) mass is 366 g/mol. The van der Waals surface area contributed by atoms with Gasteiger partial charge in [-0.1, -0.05) is 12.5 Å². The van der Waals surface area contributed by atoms with Gasteiger partial charge in [0.25, 0.3) is 0 Å². The fourth-order valence-electron chi connectivity index (χ4n) is 3.38. The largest absolute Gasteiger partial charge is 0.315 e. The van der Waals surface area contributed by atoms with Gasteiger partial charge < -0.3 is 5.32 Å². The maximum atomic E-state index is 4.82. The number of nitrogens with one attached hydrogen (secondary N) is 1. The van der Waals surface area contributed by atoms with Crippen molar-refractivity contribution in [3.8, 4) is 0 Å². The maximum Gasteiger partial charge on any atom is 0.188 e. The predicted octanol–water partition coefficient (Wildman–Crippen LogP) is 4.11. The lowest BCUT2D eigenvalue weighted by Gasteiger charge is -2.34. The van der Waals surface area contributed by atoms with Crippen molar-refractivity contribution in [1.82, 2.24) is 24.8 Å². The van der Waals surface area contributed by atoms with E-state index >= 15 is 0 Å². The van der Waals surface area contributed by atoms with E-state index in [9.17, 15) is 0 Å². The Morgan fingerprint density at radius 3 is 3.04 bits per heavy atom. The van der Waals surface area contributed by atoms with Crippen molar-refractivity contribution < 1.29 is 0 Å². The third kappa shape index (κ3) is 4.05. The molecule has 1 unspecified atom stereocenters. The molecule has 6 nitrogen and oxygen atoms in total. The molecule has 3 aromatic rings.